The van der Waals surface area contributed by atoms with Crippen LogP contribution < -0.4 is 5.73 Å². The molecule has 0 aromatic rings. The molecular formula is C11H16N2O4. The fourth-order valence-corrected chi connectivity index (χ4v) is 1.96. The second kappa shape index (κ2) is 6.15. The Morgan fingerprint density at radius 2 is 1.76 bits per heavy atom. The monoisotopic (exact) mass is 240 g/mol. The number of nitrogens with zero attached hydrogens (tertiary/aromatic N) is 1. The van der Waals surface area contributed by atoms with E-state index in [0.717, 1.165) is 6.54 Å². The molecule has 0 amide bonds. The molecule has 0 aromatic heterocycles. The maximum absolute atomic E-state index is 9.10. The molecule has 0 fully saturated rings. The van der Waals surface area contributed by atoms with Crippen molar-refractivity contribution in [3.63, 3.8) is 0 Å². The maximum Gasteiger partial charge on any atom is 0.414 e. The highest BCUT2D eigenvalue weighted by Crippen LogP contribution is 2.29. The molecule has 0 saturated heterocycles. The van der Waals surface area contributed by atoms with Crippen LogP contribution in [-0.2, 0) is 9.59 Å². The van der Waals surface area contributed by atoms with Gasteiger partial charge in [0.2, 0.25) is 0 Å². The van der Waals surface area contributed by atoms with E-state index in [2.05, 4.69) is 4.99 Å². The predicted molar refractivity (Wildman–Crippen MR) is 62.1 cm³/mol. The van der Waals surface area contributed by atoms with Gasteiger partial charge in [-0.1, -0.05) is 0 Å². The Balaban J connectivity index is 0.000000209. The molecular weight excluding hydrogens is 224 g/mol. The standard InChI is InChI=1S/C9H14N2.C2H2O4/c10-5-9-8-4-2-1-3-7(8)6-11-9;3-1(4)2(5)6/h1-6,10H2;(H,3,4)(H,5,6). The van der Waals surface area contributed by atoms with Crippen LogP contribution in [0.15, 0.2) is 16.1 Å². The van der Waals surface area contributed by atoms with E-state index in [1.54, 1.807) is 5.57 Å². The Hall–Kier alpha value is -1.69. The lowest BCUT2D eigenvalue weighted by atomic mass is 9.91. The normalized spacial score (nSPS) is 17.8. The first kappa shape index (κ1) is 13.4. The van der Waals surface area contributed by atoms with Gasteiger partial charge in [0.05, 0.1) is 12.3 Å². The molecule has 1 aliphatic carbocycles. The van der Waals surface area contributed by atoms with Gasteiger partial charge in [0, 0.05) is 6.54 Å². The fraction of sp³-hybridized carbons (Fsp3) is 0.545. The largest absolute Gasteiger partial charge is 0.473 e. The zero-order valence-corrected chi connectivity index (χ0v) is 9.48. The molecule has 4 N–H and O–H groups in total. The smallest absolute Gasteiger partial charge is 0.414 e. The molecule has 0 unspecified atom stereocenters. The van der Waals surface area contributed by atoms with Crippen LogP contribution in [0.2, 0.25) is 0 Å². The highest BCUT2D eigenvalue weighted by molar-refractivity contribution is 6.27. The SMILES string of the molecule is NCC1=NCC2=C1CCCC2.O=C(O)C(=O)O. The fourth-order valence-electron chi connectivity index (χ4n) is 1.96. The summed E-state index contributed by atoms with van der Waals surface area (Å²) in [7, 11) is 0. The highest BCUT2D eigenvalue weighted by Gasteiger charge is 2.20. The van der Waals surface area contributed by atoms with E-state index in [-0.39, 0.29) is 0 Å². The Kier molecular flexibility index (Phi) is 4.84. The second-order valence-electron chi connectivity index (χ2n) is 3.87. The lowest BCUT2D eigenvalue weighted by Gasteiger charge is -2.13. The third-order valence-electron chi connectivity index (χ3n) is 2.77. The average molecular weight is 240 g/mol. The van der Waals surface area contributed by atoms with Crippen LogP contribution in [0.1, 0.15) is 25.7 Å². The van der Waals surface area contributed by atoms with Crippen molar-refractivity contribution in [2.24, 2.45) is 10.7 Å². The summed E-state index contributed by atoms with van der Waals surface area (Å²) in [5.41, 5.74) is 9.82. The van der Waals surface area contributed by atoms with Gasteiger partial charge in [0.1, 0.15) is 0 Å². The maximum atomic E-state index is 9.10. The van der Waals surface area contributed by atoms with Crippen LogP contribution in [0.4, 0.5) is 0 Å². The first-order valence-electron chi connectivity index (χ1n) is 5.47. The molecule has 0 radical (unpaired) electrons. The van der Waals surface area contributed by atoms with E-state index >= 15 is 0 Å². The van der Waals surface area contributed by atoms with Gasteiger partial charge in [-0.05, 0) is 36.8 Å². The third-order valence-corrected chi connectivity index (χ3v) is 2.77. The summed E-state index contributed by atoms with van der Waals surface area (Å²) in [5.74, 6) is -3.65. The molecule has 2 aliphatic rings. The molecule has 0 atom stereocenters. The molecule has 1 aliphatic heterocycles. The van der Waals surface area contributed by atoms with Gasteiger partial charge < -0.3 is 15.9 Å². The van der Waals surface area contributed by atoms with Crippen molar-refractivity contribution in [2.45, 2.75) is 25.7 Å². The van der Waals surface area contributed by atoms with Gasteiger partial charge in [-0.15, -0.1) is 0 Å². The van der Waals surface area contributed by atoms with E-state index in [1.165, 1.54) is 37.0 Å². The van der Waals surface area contributed by atoms with E-state index in [4.69, 9.17) is 25.5 Å². The van der Waals surface area contributed by atoms with Gasteiger partial charge in [0.25, 0.3) is 0 Å². The molecule has 6 nitrogen and oxygen atoms in total. The van der Waals surface area contributed by atoms with Crippen LogP contribution in [-0.4, -0.2) is 41.0 Å². The zero-order valence-electron chi connectivity index (χ0n) is 9.48. The van der Waals surface area contributed by atoms with Crippen molar-refractivity contribution in [3.8, 4) is 0 Å². The van der Waals surface area contributed by atoms with Gasteiger partial charge in [-0.3, -0.25) is 4.99 Å². The van der Waals surface area contributed by atoms with Crippen molar-refractivity contribution in [3.05, 3.63) is 11.1 Å². The minimum Gasteiger partial charge on any atom is -0.473 e. The second-order valence-corrected chi connectivity index (χ2v) is 3.87. The summed E-state index contributed by atoms with van der Waals surface area (Å²) in [6, 6.07) is 0. The minimum atomic E-state index is -1.82. The van der Waals surface area contributed by atoms with Crippen molar-refractivity contribution in [1.82, 2.24) is 0 Å². The number of nitrogens with two attached hydrogens (primary N) is 1. The molecule has 17 heavy (non-hydrogen) atoms. The molecule has 6 heteroatoms. The molecule has 0 bridgehead atoms. The summed E-state index contributed by atoms with van der Waals surface area (Å²) in [6.07, 6.45) is 5.18. The third kappa shape index (κ3) is 3.67. The van der Waals surface area contributed by atoms with E-state index in [0.29, 0.717) is 6.54 Å². The molecule has 94 valence electrons. The summed E-state index contributed by atoms with van der Waals surface area (Å²) < 4.78 is 0. The zero-order chi connectivity index (χ0) is 12.8. The van der Waals surface area contributed by atoms with Gasteiger partial charge >= 0.3 is 11.9 Å². The number of aliphatic imine (C=N–C) groups is 1. The Morgan fingerprint density at radius 1 is 1.18 bits per heavy atom. The van der Waals surface area contributed by atoms with Crippen LogP contribution in [0.25, 0.3) is 0 Å². The number of rotatable bonds is 1. The Bertz CT molecular complexity index is 373. The number of hydrogen-bond acceptors (Lipinski definition) is 4. The Morgan fingerprint density at radius 3 is 2.29 bits per heavy atom. The lowest BCUT2D eigenvalue weighted by Crippen LogP contribution is -2.15. The number of carboxylic acids is 2. The van der Waals surface area contributed by atoms with Crippen molar-refractivity contribution in [2.75, 3.05) is 13.1 Å². The number of carbonyl (C=O) groups is 2. The summed E-state index contributed by atoms with van der Waals surface area (Å²) in [5, 5.41) is 14.8. The first-order chi connectivity index (χ1) is 8.06. The van der Waals surface area contributed by atoms with Gasteiger partial charge in [-0.2, -0.15) is 0 Å². The van der Waals surface area contributed by atoms with Crippen molar-refractivity contribution in [1.29, 1.82) is 0 Å². The molecule has 0 saturated carbocycles. The Labute approximate surface area is 98.8 Å². The topological polar surface area (TPSA) is 113 Å². The number of aliphatic carboxylic acids is 2. The molecule has 0 spiro atoms. The molecule has 2 rings (SSSR count). The van der Waals surface area contributed by atoms with Gasteiger partial charge in [-0.25, -0.2) is 9.59 Å². The van der Waals surface area contributed by atoms with E-state index < -0.39 is 11.9 Å². The molecule has 1 heterocycles. The average Bonchev–Trinajstić information content (AvgIpc) is 2.72. The van der Waals surface area contributed by atoms with Crippen LogP contribution in [0.5, 0.6) is 0 Å². The lowest BCUT2D eigenvalue weighted by molar-refractivity contribution is -0.159. The number of hydrogen-bond donors (Lipinski definition) is 3. The summed E-state index contributed by atoms with van der Waals surface area (Å²) >= 11 is 0. The van der Waals surface area contributed by atoms with Gasteiger partial charge in [0.15, 0.2) is 0 Å². The highest BCUT2D eigenvalue weighted by atomic mass is 16.4. The number of carboxylic acid groups (broad SMARTS) is 2. The molecule has 0 aromatic carbocycles. The van der Waals surface area contributed by atoms with Crippen molar-refractivity contribution >= 4 is 17.7 Å². The van der Waals surface area contributed by atoms with E-state index in [1.807, 2.05) is 0 Å². The van der Waals surface area contributed by atoms with Crippen LogP contribution in [0, 0.1) is 0 Å². The van der Waals surface area contributed by atoms with Crippen LogP contribution in [0.3, 0.4) is 0 Å². The van der Waals surface area contributed by atoms with Crippen molar-refractivity contribution < 1.29 is 19.8 Å². The predicted octanol–water partition coefficient (Wildman–Crippen LogP) is 0.426. The van der Waals surface area contributed by atoms with Crippen LogP contribution >= 0.6 is 0 Å². The van der Waals surface area contributed by atoms with E-state index in [9.17, 15) is 0 Å². The quantitative estimate of drug-likeness (QED) is 0.575. The summed E-state index contributed by atoms with van der Waals surface area (Å²) in [6.45, 7) is 1.58. The minimum absolute atomic E-state index is 0.638. The first-order valence-corrected chi connectivity index (χ1v) is 5.47. The summed E-state index contributed by atoms with van der Waals surface area (Å²) in [4.78, 5) is 22.6.